The summed E-state index contributed by atoms with van der Waals surface area (Å²) < 4.78 is 10.3. The lowest BCUT2D eigenvalue weighted by Gasteiger charge is -2.22. The van der Waals surface area contributed by atoms with Gasteiger partial charge >= 0.3 is 11.9 Å². The maximum atomic E-state index is 12.4. The van der Waals surface area contributed by atoms with Crippen molar-refractivity contribution >= 4 is 17.8 Å². The van der Waals surface area contributed by atoms with Crippen molar-refractivity contribution in [1.82, 2.24) is 10.4 Å². The number of nitrogens with zero attached hydrogens (tertiary/aromatic N) is 1. The Morgan fingerprint density at radius 2 is 1.36 bits per heavy atom. The van der Waals surface area contributed by atoms with Crippen LogP contribution in [0.5, 0.6) is 0 Å². The molecule has 0 bridgehead atoms. The van der Waals surface area contributed by atoms with Crippen molar-refractivity contribution in [3.05, 3.63) is 35.9 Å². The van der Waals surface area contributed by atoms with Crippen molar-refractivity contribution < 1.29 is 23.9 Å². The summed E-state index contributed by atoms with van der Waals surface area (Å²) in [5.41, 5.74) is 3.26. The van der Waals surface area contributed by atoms with Gasteiger partial charge in [-0.15, -0.1) is 0 Å². The van der Waals surface area contributed by atoms with Gasteiger partial charge in [-0.1, -0.05) is 44.9 Å². The number of amides is 1. The van der Waals surface area contributed by atoms with Crippen molar-refractivity contribution in [2.75, 3.05) is 26.3 Å². The van der Waals surface area contributed by atoms with E-state index < -0.39 is 0 Å². The van der Waals surface area contributed by atoms with E-state index in [4.69, 9.17) is 9.47 Å². The molecule has 156 valence electrons. The topological polar surface area (TPSA) is 84.9 Å². The first-order valence-electron chi connectivity index (χ1n) is 9.99. The van der Waals surface area contributed by atoms with Crippen LogP contribution in [0.4, 0.5) is 0 Å². The van der Waals surface area contributed by atoms with E-state index in [0.717, 1.165) is 25.7 Å². The van der Waals surface area contributed by atoms with Crippen LogP contribution in [-0.2, 0) is 19.1 Å². The van der Waals surface area contributed by atoms with Crippen LogP contribution in [0.25, 0.3) is 0 Å². The summed E-state index contributed by atoms with van der Waals surface area (Å²) in [6.07, 6.45) is 3.81. The van der Waals surface area contributed by atoms with Crippen molar-refractivity contribution in [3.63, 3.8) is 0 Å². The molecule has 0 aliphatic carbocycles. The summed E-state index contributed by atoms with van der Waals surface area (Å²) in [4.78, 5) is 36.1. The summed E-state index contributed by atoms with van der Waals surface area (Å²) >= 11 is 0. The normalized spacial score (nSPS) is 10.5. The molecule has 0 heterocycles. The Hall–Kier alpha value is -2.41. The lowest BCUT2D eigenvalue weighted by Crippen LogP contribution is -2.44. The van der Waals surface area contributed by atoms with Crippen molar-refractivity contribution in [1.29, 1.82) is 0 Å². The first-order chi connectivity index (χ1) is 13.6. The first-order valence-corrected chi connectivity index (χ1v) is 9.99. The van der Waals surface area contributed by atoms with Crippen LogP contribution in [0.2, 0.25) is 0 Å². The number of carbonyl (C=O) groups excluding carboxylic acids is 3. The van der Waals surface area contributed by atoms with Crippen molar-refractivity contribution in [2.24, 2.45) is 0 Å². The number of esters is 2. The largest absolute Gasteiger partial charge is 0.466 e. The van der Waals surface area contributed by atoms with E-state index in [9.17, 15) is 14.4 Å². The average Bonchev–Trinajstić information content (AvgIpc) is 2.71. The van der Waals surface area contributed by atoms with Gasteiger partial charge in [0.2, 0.25) is 0 Å². The summed E-state index contributed by atoms with van der Waals surface area (Å²) in [7, 11) is 0. The number of benzene rings is 1. The monoisotopic (exact) mass is 392 g/mol. The molecule has 0 atom stereocenters. The molecule has 0 unspecified atom stereocenters. The Balaban J connectivity index is 2.54. The number of hydrogen-bond donors (Lipinski definition) is 1. The molecule has 0 radical (unpaired) electrons. The number of rotatable bonds is 14. The van der Waals surface area contributed by atoms with Gasteiger partial charge in [-0.25, -0.2) is 5.01 Å². The van der Waals surface area contributed by atoms with Gasteiger partial charge in [0.1, 0.15) is 0 Å². The zero-order valence-electron chi connectivity index (χ0n) is 16.9. The van der Waals surface area contributed by atoms with E-state index in [0.29, 0.717) is 18.8 Å². The van der Waals surface area contributed by atoms with Crippen LogP contribution >= 0.6 is 0 Å². The maximum absolute atomic E-state index is 12.4. The molecule has 0 fully saturated rings. The van der Waals surface area contributed by atoms with Gasteiger partial charge in [-0.3, -0.25) is 19.8 Å². The highest BCUT2D eigenvalue weighted by Crippen LogP contribution is 2.02. The van der Waals surface area contributed by atoms with E-state index in [-0.39, 0.29) is 43.8 Å². The number of carbonyl (C=O) groups is 3. The molecule has 1 rings (SSSR count). The van der Waals surface area contributed by atoms with E-state index in [1.54, 1.807) is 29.3 Å². The van der Waals surface area contributed by atoms with Crippen LogP contribution in [0.1, 0.15) is 62.7 Å². The lowest BCUT2D eigenvalue weighted by atomic mass is 10.2. The zero-order valence-corrected chi connectivity index (χ0v) is 16.9. The Bertz CT molecular complexity index is 566. The number of nitrogens with one attached hydrogen (secondary N) is 1. The fraction of sp³-hybridized carbons (Fsp3) is 0.571. The highest BCUT2D eigenvalue weighted by atomic mass is 16.5. The summed E-state index contributed by atoms with van der Waals surface area (Å²) in [6, 6.07) is 8.77. The summed E-state index contributed by atoms with van der Waals surface area (Å²) in [6.45, 7) is 5.35. The van der Waals surface area contributed by atoms with E-state index in [1.807, 2.05) is 19.9 Å². The predicted octanol–water partition coefficient (Wildman–Crippen LogP) is 3.10. The van der Waals surface area contributed by atoms with Gasteiger partial charge in [0, 0.05) is 18.7 Å². The molecule has 7 nitrogen and oxygen atoms in total. The number of hydrazine groups is 1. The van der Waals surface area contributed by atoms with Gasteiger partial charge in [0.25, 0.3) is 5.91 Å². The minimum absolute atomic E-state index is 0.129. The van der Waals surface area contributed by atoms with E-state index >= 15 is 0 Å². The van der Waals surface area contributed by atoms with E-state index in [2.05, 4.69) is 5.43 Å². The zero-order chi connectivity index (χ0) is 20.6. The third-order valence-electron chi connectivity index (χ3n) is 3.99. The molecule has 28 heavy (non-hydrogen) atoms. The van der Waals surface area contributed by atoms with Crippen molar-refractivity contribution in [3.8, 4) is 0 Å². The molecule has 7 heteroatoms. The van der Waals surface area contributed by atoms with E-state index in [1.165, 1.54) is 0 Å². The van der Waals surface area contributed by atoms with Crippen LogP contribution in [0.15, 0.2) is 30.3 Å². The van der Waals surface area contributed by atoms with Crippen molar-refractivity contribution in [2.45, 2.75) is 52.4 Å². The molecular weight excluding hydrogens is 360 g/mol. The Morgan fingerprint density at radius 1 is 0.857 bits per heavy atom. The molecule has 1 aromatic carbocycles. The van der Waals surface area contributed by atoms with Gasteiger partial charge in [-0.2, -0.15) is 0 Å². The SMILES string of the molecule is CCCCOC(=O)CCN(CCC(=O)OCCCC)NC(=O)c1ccccc1. The third kappa shape index (κ3) is 10.7. The molecule has 0 saturated carbocycles. The molecule has 0 aliphatic rings. The summed E-state index contributed by atoms with van der Waals surface area (Å²) in [5, 5.41) is 1.57. The summed E-state index contributed by atoms with van der Waals surface area (Å²) in [5.74, 6) is -0.935. The van der Waals surface area contributed by atoms with Crippen LogP contribution in [0.3, 0.4) is 0 Å². The van der Waals surface area contributed by atoms with Crippen LogP contribution in [-0.4, -0.2) is 49.2 Å². The predicted molar refractivity (Wildman–Crippen MR) is 106 cm³/mol. The molecule has 1 aromatic rings. The Labute approximate surface area is 167 Å². The molecular formula is C21H32N2O5. The molecule has 0 aromatic heterocycles. The molecule has 0 spiro atoms. The smallest absolute Gasteiger partial charge is 0.307 e. The maximum Gasteiger partial charge on any atom is 0.307 e. The molecule has 1 N–H and O–H groups in total. The number of unbranched alkanes of at least 4 members (excludes halogenated alkanes) is 2. The van der Waals surface area contributed by atoms with Gasteiger partial charge in [0.15, 0.2) is 0 Å². The van der Waals surface area contributed by atoms with Crippen LogP contribution < -0.4 is 5.43 Å². The standard InChI is InChI=1S/C21H32N2O5/c1-3-5-16-27-19(24)12-14-23(15-13-20(25)28-17-6-4-2)22-21(26)18-10-8-7-9-11-18/h7-11H,3-6,12-17H2,1-2H3,(H,22,26). The number of ether oxygens (including phenoxy) is 2. The fourth-order valence-electron chi connectivity index (χ4n) is 2.28. The van der Waals surface area contributed by atoms with Gasteiger partial charge in [-0.05, 0) is 25.0 Å². The second-order valence-electron chi connectivity index (χ2n) is 6.44. The first kappa shape index (κ1) is 23.6. The Kier molecular flexibility index (Phi) is 12.3. The average molecular weight is 392 g/mol. The number of hydrogen-bond acceptors (Lipinski definition) is 6. The fourth-order valence-corrected chi connectivity index (χ4v) is 2.28. The second-order valence-corrected chi connectivity index (χ2v) is 6.44. The lowest BCUT2D eigenvalue weighted by molar-refractivity contribution is -0.144. The highest BCUT2D eigenvalue weighted by molar-refractivity contribution is 5.93. The minimum atomic E-state index is -0.321. The minimum Gasteiger partial charge on any atom is -0.466 e. The van der Waals surface area contributed by atoms with Gasteiger partial charge in [0.05, 0.1) is 26.1 Å². The molecule has 1 amide bonds. The van der Waals surface area contributed by atoms with Gasteiger partial charge < -0.3 is 9.47 Å². The third-order valence-corrected chi connectivity index (χ3v) is 3.99. The second kappa shape index (κ2) is 14.6. The van der Waals surface area contributed by atoms with Crippen LogP contribution in [0, 0.1) is 0 Å². The molecule has 0 aliphatic heterocycles. The highest BCUT2D eigenvalue weighted by Gasteiger charge is 2.15. The molecule has 0 saturated heterocycles. The quantitative estimate of drug-likeness (QED) is 0.297. The Morgan fingerprint density at radius 3 is 1.82 bits per heavy atom.